The molecule has 0 spiro atoms. The molecule has 1 heterocycles. The second kappa shape index (κ2) is 8.49. The number of carbonyl (C=O) groups is 3. The number of Topliss-reactive ketones (excluding diaryl/α,β-unsaturated/α-hetero) is 1. The SMILES string of the molecule is C#C[C@H](NC(=O)C(=O)c1c(C)c(C(=O)Nc2ccc(C)c(C#N)c2)n(C)c1C)C1CC1. The summed E-state index contributed by atoms with van der Waals surface area (Å²) in [5, 5.41) is 14.6. The smallest absolute Gasteiger partial charge is 0.293 e. The van der Waals surface area contributed by atoms with Crippen molar-refractivity contribution in [2.24, 2.45) is 13.0 Å². The maximum atomic E-state index is 13.0. The summed E-state index contributed by atoms with van der Waals surface area (Å²) in [5.41, 5.74) is 3.12. The van der Waals surface area contributed by atoms with E-state index >= 15 is 0 Å². The van der Waals surface area contributed by atoms with Gasteiger partial charge in [-0.1, -0.05) is 12.0 Å². The molecule has 31 heavy (non-hydrogen) atoms. The molecule has 1 aliphatic rings. The Balaban J connectivity index is 1.86. The van der Waals surface area contributed by atoms with E-state index in [1.165, 1.54) is 0 Å². The summed E-state index contributed by atoms with van der Waals surface area (Å²) in [6.45, 7) is 5.13. The number of anilines is 1. The first-order valence-corrected chi connectivity index (χ1v) is 9.98. The van der Waals surface area contributed by atoms with Crippen LogP contribution >= 0.6 is 0 Å². The van der Waals surface area contributed by atoms with Gasteiger partial charge >= 0.3 is 0 Å². The van der Waals surface area contributed by atoms with E-state index < -0.39 is 23.6 Å². The van der Waals surface area contributed by atoms with Gasteiger partial charge in [-0.3, -0.25) is 14.4 Å². The molecule has 3 rings (SSSR count). The first-order valence-electron chi connectivity index (χ1n) is 9.98. The fourth-order valence-electron chi connectivity index (χ4n) is 3.69. The monoisotopic (exact) mass is 416 g/mol. The van der Waals surface area contributed by atoms with Crippen LogP contribution in [-0.2, 0) is 11.8 Å². The third kappa shape index (κ3) is 4.22. The Bertz CT molecular complexity index is 1170. The molecule has 1 aromatic carbocycles. The molecule has 1 aromatic heterocycles. The Labute approximate surface area is 181 Å². The fourth-order valence-corrected chi connectivity index (χ4v) is 3.69. The normalized spacial score (nSPS) is 13.6. The Hall–Kier alpha value is -3.84. The van der Waals surface area contributed by atoms with Gasteiger partial charge in [0, 0.05) is 18.4 Å². The van der Waals surface area contributed by atoms with Crippen LogP contribution in [-0.4, -0.2) is 28.2 Å². The lowest BCUT2D eigenvalue weighted by Gasteiger charge is -2.11. The number of carbonyl (C=O) groups excluding carboxylic acids is 3. The minimum absolute atomic E-state index is 0.193. The lowest BCUT2D eigenvalue weighted by molar-refractivity contribution is -0.117. The number of nitrogens with zero attached hydrogens (tertiary/aromatic N) is 2. The van der Waals surface area contributed by atoms with E-state index in [1.54, 1.807) is 43.7 Å². The average molecular weight is 416 g/mol. The molecule has 0 aliphatic heterocycles. The molecule has 2 N–H and O–H groups in total. The zero-order chi connectivity index (χ0) is 22.9. The number of hydrogen-bond acceptors (Lipinski definition) is 4. The van der Waals surface area contributed by atoms with Crippen molar-refractivity contribution in [2.45, 2.75) is 39.7 Å². The van der Waals surface area contributed by atoms with Crippen LogP contribution in [0.5, 0.6) is 0 Å². The molecule has 0 radical (unpaired) electrons. The third-order valence-corrected chi connectivity index (χ3v) is 5.75. The molecule has 7 heteroatoms. The van der Waals surface area contributed by atoms with Gasteiger partial charge in [0.2, 0.25) is 0 Å². The summed E-state index contributed by atoms with van der Waals surface area (Å²) >= 11 is 0. The highest BCUT2D eigenvalue weighted by atomic mass is 16.2. The zero-order valence-corrected chi connectivity index (χ0v) is 18.0. The first-order chi connectivity index (χ1) is 14.7. The number of nitriles is 1. The molecule has 2 aromatic rings. The van der Waals surface area contributed by atoms with Gasteiger partial charge in [0.05, 0.1) is 23.2 Å². The molecule has 1 aliphatic carbocycles. The molecule has 0 bridgehead atoms. The molecule has 2 amide bonds. The van der Waals surface area contributed by atoms with E-state index in [-0.39, 0.29) is 17.2 Å². The van der Waals surface area contributed by atoms with E-state index in [9.17, 15) is 19.6 Å². The molecule has 1 atom stereocenters. The number of benzene rings is 1. The average Bonchev–Trinajstić information content (AvgIpc) is 3.55. The molecule has 0 unspecified atom stereocenters. The number of terminal acetylenes is 1. The first kappa shape index (κ1) is 21.9. The predicted octanol–water partition coefficient (Wildman–Crippen LogP) is 2.79. The van der Waals surface area contributed by atoms with Crippen molar-refractivity contribution in [3.05, 3.63) is 51.8 Å². The molecule has 0 saturated heterocycles. The summed E-state index contributed by atoms with van der Waals surface area (Å²) in [6, 6.07) is 6.67. The van der Waals surface area contributed by atoms with E-state index in [1.807, 2.05) is 6.92 Å². The van der Waals surface area contributed by atoms with Crippen LogP contribution in [0.25, 0.3) is 0 Å². The fraction of sp³-hybridized carbons (Fsp3) is 0.333. The van der Waals surface area contributed by atoms with E-state index in [4.69, 9.17) is 6.42 Å². The van der Waals surface area contributed by atoms with Gasteiger partial charge in [0.15, 0.2) is 0 Å². The quantitative estimate of drug-likeness (QED) is 0.429. The molecule has 1 fully saturated rings. The van der Waals surface area contributed by atoms with Gasteiger partial charge in [-0.25, -0.2) is 0 Å². The van der Waals surface area contributed by atoms with Crippen molar-refractivity contribution >= 4 is 23.3 Å². The van der Waals surface area contributed by atoms with Gasteiger partial charge in [0.1, 0.15) is 5.69 Å². The second-order valence-corrected chi connectivity index (χ2v) is 7.87. The van der Waals surface area contributed by atoms with Crippen LogP contribution in [0.3, 0.4) is 0 Å². The Kier molecular flexibility index (Phi) is 5.99. The summed E-state index contributed by atoms with van der Waals surface area (Å²) < 4.78 is 1.59. The Morgan fingerprint density at radius 3 is 2.48 bits per heavy atom. The van der Waals surface area contributed by atoms with Crippen LogP contribution in [0, 0.1) is 50.4 Å². The molecular weight excluding hydrogens is 392 g/mol. The topological polar surface area (TPSA) is 104 Å². The third-order valence-electron chi connectivity index (χ3n) is 5.75. The number of rotatable bonds is 6. The van der Waals surface area contributed by atoms with Crippen LogP contribution < -0.4 is 10.6 Å². The van der Waals surface area contributed by atoms with Crippen molar-refractivity contribution in [2.75, 3.05) is 5.32 Å². The minimum Gasteiger partial charge on any atom is -0.343 e. The van der Waals surface area contributed by atoms with Crippen LogP contribution in [0.1, 0.15) is 56.1 Å². The van der Waals surface area contributed by atoms with E-state index in [0.717, 1.165) is 18.4 Å². The molecule has 7 nitrogen and oxygen atoms in total. The number of nitrogens with one attached hydrogen (secondary N) is 2. The second-order valence-electron chi connectivity index (χ2n) is 7.87. The summed E-state index contributed by atoms with van der Waals surface area (Å²) in [7, 11) is 1.66. The Morgan fingerprint density at radius 2 is 1.90 bits per heavy atom. The van der Waals surface area contributed by atoms with Crippen molar-refractivity contribution in [1.29, 1.82) is 5.26 Å². The highest BCUT2D eigenvalue weighted by Crippen LogP contribution is 2.32. The molecule has 1 saturated carbocycles. The highest BCUT2D eigenvalue weighted by molar-refractivity contribution is 6.43. The van der Waals surface area contributed by atoms with Crippen LogP contribution in [0.2, 0.25) is 0 Å². The molecule has 158 valence electrons. The number of amides is 2. The van der Waals surface area contributed by atoms with E-state index in [0.29, 0.717) is 22.5 Å². The summed E-state index contributed by atoms with van der Waals surface area (Å²) in [6.07, 6.45) is 7.35. The number of hydrogen-bond donors (Lipinski definition) is 2. The lowest BCUT2D eigenvalue weighted by atomic mass is 10.0. The van der Waals surface area contributed by atoms with Gasteiger partial charge in [-0.15, -0.1) is 6.42 Å². The van der Waals surface area contributed by atoms with Crippen LogP contribution in [0.4, 0.5) is 5.69 Å². The summed E-state index contributed by atoms with van der Waals surface area (Å²) in [4.78, 5) is 38.4. The highest BCUT2D eigenvalue weighted by Gasteiger charge is 2.34. The maximum Gasteiger partial charge on any atom is 0.293 e. The number of ketones is 1. The van der Waals surface area contributed by atoms with Crippen LogP contribution in [0.15, 0.2) is 18.2 Å². The van der Waals surface area contributed by atoms with Crippen molar-refractivity contribution in [1.82, 2.24) is 9.88 Å². The van der Waals surface area contributed by atoms with Gasteiger partial charge in [-0.05, 0) is 62.8 Å². The molecular formula is C24H24N4O3. The Morgan fingerprint density at radius 1 is 1.23 bits per heavy atom. The van der Waals surface area contributed by atoms with Gasteiger partial charge < -0.3 is 15.2 Å². The summed E-state index contributed by atoms with van der Waals surface area (Å²) in [5.74, 6) is 0.828. The predicted molar refractivity (Wildman–Crippen MR) is 117 cm³/mol. The lowest BCUT2D eigenvalue weighted by Crippen LogP contribution is -2.40. The van der Waals surface area contributed by atoms with E-state index in [2.05, 4.69) is 22.6 Å². The largest absolute Gasteiger partial charge is 0.343 e. The van der Waals surface area contributed by atoms with Gasteiger partial charge in [-0.2, -0.15) is 5.26 Å². The standard InChI is InChI=1S/C24H24N4O3/c1-6-19(16-8-9-16)27-24(31)22(29)20-14(3)21(28(5)15(20)4)23(30)26-18-10-7-13(2)17(11-18)12-25/h1,7,10-11,16,19H,8-9H2,2-5H3,(H,26,30)(H,27,31)/t19-/m0/s1. The van der Waals surface area contributed by atoms with Crippen molar-refractivity contribution < 1.29 is 14.4 Å². The van der Waals surface area contributed by atoms with Crippen molar-refractivity contribution in [3.63, 3.8) is 0 Å². The van der Waals surface area contributed by atoms with Crippen molar-refractivity contribution in [3.8, 4) is 18.4 Å². The van der Waals surface area contributed by atoms with Gasteiger partial charge in [0.25, 0.3) is 17.6 Å². The number of aryl methyl sites for hydroxylation is 1. The number of aromatic nitrogens is 1. The minimum atomic E-state index is -0.768. The maximum absolute atomic E-state index is 13.0. The zero-order valence-electron chi connectivity index (χ0n) is 18.0.